The summed E-state index contributed by atoms with van der Waals surface area (Å²) in [7, 11) is 0. The zero-order chi connectivity index (χ0) is 26.1. The van der Waals surface area contributed by atoms with Crippen molar-refractivity contribution in [3.05, 3.63) is 70.6 Å². The van der Waals surface area contributed by atoms with E-state index >= 15 is 0 Å². The number of carbonyl (C=O) groups is 1. The molecular formula is C32H37N3O2. The van der Waals surface area contributed by atoms with E-state index in [4.69, 9.17) is 4.42 Å². The van der Waals surface area contributed by atoms with Gasteiger partial charge in [0.15, 0.2) is 0 Å². The quantitative estimate of drug-likeness (QED) is 0.302. The van der Waals surface area contributed by atoms with Crippen molar-refractivity contribution < 1.29 is 9.21 Å². The number of benzene rings is 3. The van der Waals surface area contributed by atoms with Gasteiger partial charge in [-0.05, 0) is 81.3 Å². The molecule has 1 amide bonds. The molecule has 2 aromatic rings. The standard InChI is InChI=1S/C32H37N3O2/c1-6-33-27-18-29-25(16-21(27)4)31(26-17-22(5)28(34-7-2)19-30(26)37-29)23-10-8-9-11-24(23)32(36)35-14-12-20(3)13-15-35/h8-11,16-20,33H,6-7,12-15H2,1-5H3/b34-28+. The zero-order valence-electron chi connectivity index (χ0n) is 22.6. The van der Waals surface area contributed by atoms with Gasteiger partial charge in [-0.2, -0.15) is 0 Å². The molecule has 2 heterocycles. The number of aryl methyl sites for hydroxylation is 2. The van der Waals surface area contributed by atoms with E-state index in [-0.39, 0.29) is 5.91 Å². The third-order valence-electron chi connectivity index (χ3n) is 7.58. The third kappa shape index (κ3) is 4.75. The summed E-state index contributed by atoms with van der Waals surface area (Å²) in [5.74, 6) is 1.56. The fraction of sp³-hybridized carbons (Fsp3) is 0.375. The van der Waals surface area contributed by atoms with Gasteiger partial charge >= 0.3 is 0 Å². The molecule has 0 spiro atoms. The van der Waals surface area contributed by atoms with Crippen LogP contribution in [0.5, 0.6) is 0 Å². The number of amides is 1. The summed E-state index contributed by atoms with van der Waals surface area (Å²) in [5, 5.41) is 5.41. The maximum atomic E-state index is 13.9. The Morgan fingerprint density at radius 2 is 1.78 bits per heavy atom. The van der Waals surface area contributed by atoms with Crippen LogP contribution in [0.4, 0.5) is 5.69 Å². The van der Waals surface area contributed by atoms with Crippen LogP contribution < -0.4 is 10.7 Å². The number of rotatable bonds is 5. The Bertz CT molecular complexity index is 1490. The van der Waals surface area contributed by atoms with Gasteiger partial charge in [-0.3, -0.25) is 9.79 Å². The molecule has 1 fully saturated rings. The van der Waals surface area contributed by atoms with Crippen LogP contribution >= 0.6 is 0 Å². The minimum Gasteiger partial charge on any atom is -0.456 e. The van der Waals surface area contributed by atoms with E-state index in [1.54, 1.807) is 0 Å². The topological polar surface area (TPSA) is 57.8 Å². The van der Waals surface area contributed by atoms with E-state index in [0.717, 1.165) is 93.6 Å². The summed E-state index contributed by atoms with van der Waals surface area (Å²) in [4.78, 5) is 20.6. The summed E-state index contributed by atoms with van der Waals surface area (Å²) in [6, 6.07) is 16.5. The first kappa shape index (κ1) is 25.1. The lowest BCUT2D eigenvalue weighted by Crippen LogP contribution is -2.38. The SMILES string of the molecule is CC/N=c1\cc2oc3cc(NCC)c(C)cc3c(-c3ccccc3C(=O)N3CCC(C)CC3)c-2cc1C. The molecular weight excluding hydrogens is 458 g/mol. The monoisotopic (exact) mass is 495 g/mol. The zero-order valence-corrected chi connectivity index (χ0v) is 22.6. The first-order valence-electron chi connectivity index (χ1n) is 13.6. The maximum absolute atomic E-state index is 13.9. The lowest BCUT2D eigenvalue weighted by molar-refractivity contribution is 0.0698. The van der Waals surface area contributed by atoms with Gasteiger partial charge in [-0.1, -0.05) is 25.1 Å². The molecule has 5 heteroatoms. The molecule has 0 saturated carbocycles. The van der Waals surface area contributed by atoms with Crippen LogP contribution in [-0.4, -0.2) is 37.0 Å². The minimum atomic E-state index is 0.111. The molecule has 0 radical (unpaired) electrons. The fourth-order valence-corrected chi connectivity index (χ4v) is 5.47. The second kappa shape index (κ2) is 10.4. The van der Waals surface area contributed by atoms with Crippen LogP contribution in [0.25, 0.3) is 33.4 Å². The first-order chi connectivity index (χ1) is 17.9. The Morgan fingerprint density at radius 1 is 1.03 bits per heavy atom. The number of nitrogens with one attached hydrogen (secondary N) is 1. The van der Waals surface area contributed by atoms with Crippen molar-refractivity contribution in [2.75, 3.05) is 31.5 Å². The summed E-state index contributed by atoms with van der Waals surface area (Å²) in [5.41, 5.74) is 7.84. The number of carbonyl (C=O) groups excluding carboxylic acids is 1. The first-order valence-corrected chi connectivity index (χ1v) is 13.6. The van der Waals surface area contributed by atoms with E-state index in [1.807, 2.05) is 36.1 Å². The van der Waals surface area contributed by atoms with Gasteiger partial charge in [0.05, 0.1) is 5.36 Å². The van der Waals surface area contributed by atoms with E-state index in [9.17, 15) is 4.79 Å². The molecule has 0 bridgehead atoms. The number of anilines is 1. The number of piperidine rings is 1. The van der Waals surface area contributed by atoms with Crippen LogP contribution in [0.2, 0.25) is 0 Å². The minimum absolute atomic E-state index is 0.111. The highest BCUT2D eigenvalue weighted by molar-refractivity contribution is 6.09. The van der Waals surface area contributed by atoms with Gasteiger partial charge in [0.25, 0.3) is 5.91 Å². The molecule has 5 rings (SSSR count). The predicted octanol–water partition coefficient (Wildman–Crippen LogP) is 7.05. The molecule has 192 valence electrons. The van der Waals surface area contributed by atoms with Crippen LogP contribution in [0.15, 0.2) is 57.9 Å². The molecule has 37 heavy (non-hydrogen) atoms. The second-order valence-electron chi connectivity index (χ2n) is 10.3. The molecule has 1 N–H and O–H groups in total. The molecule has 1 saturated heterocycles. The van der Waals surface area contributed by atoms with E-state index in [2.05, 4.69) is 62.3 Å². The molecule has 5 nitrogen and oxygen atoms in total. The molecule has 3 aliphatic rings. The van der Waals surface area contributed by atoms with Crippen molar-refractivity contribution in [3.8, 4) is 22.5 Å². The summed E-state index contributed by atoms with van der Waals surface area (Å²) < 4.78 is 6.53. The maximum Gasteiger partial charge on any atom is 0.254 e. The van der Waals surface area contributed by atoms with Crippen molar-refractivity contribution in [2.24, 2.45) is 10.9 Å². The molecule has 2 aliphatic heterocycles. The van der Waals surface area contributed by atoms with Crippen molar-refractivity contribution in [2.45, 2.75) is 47.5 Å². The highest BCUT2D eigenvalue weighted by Crippen LogP contribution is 2.43. The highest BCUT2D eigenvalue weighted by atomic mass is 16.3. The molecule has 0 unspecified atom stereocenters. The number of likely N-dealkylation sites (tertiary alicyclic amines) is 1. The number of hydrogen-bond acceptors (Lipinski definition) is 4. The van der Waals surface area contributed by atoms with Gasteiger partial charge in [-0.25, -0.2) is 0 Å². The van der Waals surface area contributed by atoms with Crippen LogP contribution in [-0.2, 0) is 0 Å². The second-order valence-corrected chi connectivity index (χ2v) is 10.3. The van der Waals surface area contributed by atoms with E-state index in [0.29, 0.717) is 12.5 Å². The Morgan fingerprint density at radius 3 is 2.51 bits per heavy atom. The number of nitrogens with zero attached hydrogens (tertiary/aromatic N) is 2. The Balaban J connectivity index is 1.80. The molecule has 0 atom stereocenters. The number of hydrogen-bond donors (Lipinski definition) is 1. The van der Waals surface area contributed by atoms with Crippen molar-refractivity contribution in [3.63, 3.8) is 0 Å². The average molecular weight is 496 g/mol. The van der Waals surface area contributed by atoms with Crippen molar-refractivity contribution >= 4 is 22.6 Å². The average Bonchev–Trinajstić information content (AvgIpc) is 2.89. The molecule has 2 aromatic carbocycles. The van der Waals surface area contributed by atoms with Gasteiger partial charge in [-0.15, -0.1) is 0 Å². The Kier molecular flexibility index (Phi) is 7.05. The molecule has 1 aliphatic carbocycles. The Hall–Kier alpha value is -3.60. The lowest BCUT2D eigenvalue weighted by atomic mass is 9.88. The lowest BCUT2D eigenvalue weighted by Gasteiger charge is -2.31. The van der Waals surface area contributed by atoms with E-state index in [1.165, 1.54) is 0 Å². The van der Waals surface area contributed by atoms with Gasteiger partial charge < -0.3 is 14.6 Å². The summed E-state index contributed by atoms with van der Waals surface area (Å²) >= 11 is 0. The van der Waals surface area contributed by atoms with Crippen LogP contribution in [0.3, 0.4) is 0 Å². The molecule has 0 aromatic heterocycles. The van der Waals surface area contributed by atoms with Crippen LogP contribution in [0, 0.1) is 19.8 Å². The predicted molar refractivity (Wildman–Crippen MR) is 152 cm³/mol. The third-order valence-corrected chi connectivity index (χ3v) is 7.58. The summed E-state index contributed by atoms with van der Waals surface area (Å²) in [6.07, 6.45) is 2.11. The highest BCUT2D eigenvalue weighted by Gasteiger charge is 2.26. The van der Waals surface area contributed by atoms with Crippen LogP contribution in [0.1, 0.15) is 55.1 Å². The smallest absolute Gasteiger partial charge is 0.254 e. The van der Waals surface area contributed by atoms with Gasteiger partial charge in [0.2, 0.25) is 0 Å². The fourth-order valence-electron chi connectivity index (χ4n) is 5.47. The number of fused-ring (bicyclic) bond motifs is 2. The van der Waals surface area contributed by atoms with E-state index < -0.39 is 0 Å². The normalized spacial score (nSPS) is 15.1. The van der Waals surface area contributed by atoms with Crippen molar-refractivity contribution in [1.29, 1.82) is 0 Å². The van der Waals surface area contributed by atoms with Gasteiger partial charge in [0.1, 0.15) is 11.3 Å². The largest absolute Gasteiger partial charge is 0.456 e. The summed E-state index contributed by atoms with van der Waals surface area (Å²) in [6.45, 7) is 13.8. The van der Waals surface area contributed by atoms with Crippen molar-refractivity contribution in [1.82, 2.24) is 4.90 Å². The van der Waals surface area contributed by atoms with Gasteiger partial charge in [0, 0.05) is 66.1 Å². The Labute approximate surface area is 219 Å².